The van der Waals surface area contributed by atoms with Gasteiger partial charge < -0.3 is 14.7 Å². The molecule has 2 aromatic rings. The zero-order valence-electron chi connectivity index (χ0n) is 20.8. The van der Waals surface area contributed by atoms with E-state index in [1.54, 1.807) is 28.9 Å². The molecule has 3 rings (SSSR count). The topological polar surface area (TPSA) is 39.7 Å². The molecule has 0 spiro atoms. The summed E-state index contributed by atoms with van der Waals surface area (Å²) < 4.78 is 54.2. The van der Waals surface area contributed by atoms with Gasteiger partial charge in [0.1, 0.15) is 17.7 Å². The Morgan fingerprint density at radius 3 is 2.46 bits per heavy atom. The summed E-state index contributed by atoms with van der Waals surface area (Å²) in [5.41, 5.74) is 0.498. The number of aromatic nitrogens is 1. The average molecular weight is 495 g/mol. The Kier molecular flexibility index (Phi) is 8.74. The summed E-state index contributed by atoms with van der Waals surface area (Å²) in [6, 6.07) is 5.98. The third kappa shape index (κ3) is 6.51. The maximum atomic E-state index is 14.0. The third-order valence-electron chi connectivity index (χ3n) is 6.57. The van der Waals surface area contributed by atoms with Gasteiger partial charge in [0, 0.05) is 24.5 Å². The van der Waals surface area contributed by atoms with Crippen LogP contribution in [0.4, 0.5) is 29.1 Å². The molecule has 0 unspecified atom stereocenters. The van der Waals surface area contributed by atoms with Gasteiger partial charge in [-0.15, -0.1) is 0 Å². The van der Waals surface area contributed by atoms with Crippen molar-refractivity contribution in [2.24, 2.45) is 0 Å². The number of rotatable bonds is 9. The Labute approximate surface area is 204 Å². The van der Waals surface area contributed by atoms with Crippen molar-refractivity contribution in [3.8, 4) is 0 Å². The highest BCUT2D eigenvalue weighted by atomic mass is 19.4. The lowest BCUT2D eigenvalue weighted by Gasteiger charge is -2.32. The van der Waals surface area contributed by atoms with Gasteiger partial charge in [-0.25, -0.2) is 9.37 Å². The van der Waals surface area contributed by atoms with Gasteiger partial charge >= 0.3 is 6.18 Å². The first kappa shape index (κ1) is 26.9. The molecular weight excluding hydrogens is 460 g/mol. The number of alkyl halides is 3. The van der Waals surface area contributed by atoms with Crippen LogP contribution in [-0.4, -0.2) is 54.6 Å². The van der Waals surface area contributed by atoms with Crippen LogP contribution in [0.1, 0.15) is 49.9 Å². The first-order chi connectivity index (χ1) is 16.5. The molecule has 0 aliphatic carbocycles. The number of anilines is 2. The van der Waals surface area contributed by atoms with E-state index in [2.05, 4.69) is 23.7 Å². The number of carbonyl (C=O) groups excluding carboxylic acids is 1. The maximum absolute atomic E-state index is 14.0. The molecule has 1 aromatic carbocycles. The van der Waals surface area contributed by atoms with Crippen LogP contribution in [0, 0.1) is 19.7 Å². The molecule has 0 N–H and O–H groups in total. The lowest BCUT2D eigenvalue weighted by molar-refractivity contribution is -0.137. The Balaban J connectivity index is 1.90. The zero-order valence-corrected chi connectivity index (χ0v) is 20.8. The minimum Gasteiger partial charge on any atom is -0.345 e. The molecule has 9 heteroatoms. The second-order valence-electron chi connectivity index (χ2n) is 9.01. The number of amides is 1. The number of halogens is 4. The molecule has 1 aliphatic heterocycles. The van der Waals surface area contributed by atoms with E-state index in [1.165, 1.54) is 13.0 Å². The van der Waals surface area contributed by atoms with Crippen LogP contribution < -0.4 is 9.80 Å². The van der Waals surface area contributed by atoms with Crippen LogP contribution in [0.2, 0.25) is 0 Å². The van der Waals surface area contributed by atoms with Crippen LogP contribution in [0.15, 0.2) is 30.3 Å². The molecular formula is C26H34F4N4O. The quantitative estimate of drug-likeness (QED) is 0.426. The molecule has 2 heterocycles. The summed E-state index contributed by atoms with van der Waals surface area (Å²) in [6.07, 6.45) is -2.59. The first-order valence-corrected chi connectivity index (χ1v) is 12.2. The molecule has 1 saturated heterocycles. The summed E-state index contributed by atoms with van der Waals surface area (Å²) >= 11 is 0. The Morgan fingerprint density at radius 1 is 1.11 bits per heavy atom. The van der Waals surface area contributed by atoms with Crippen molar-refractivity contribution in [1.82, 2.24) is 9.88 Å². The molecule has 0 radical (unpaired) electrons. The molecule has 35 heavy (non-hydrogen) atoms. The van der Waals surface area contributed by atoms with Crippen LogP contribution in [0.25, 0.3) is 0 Å². The van der Waals surface area contributed by atoms with Gasteiger partial charge in [0.05, 0.1) is 5.56 Å². The van der Waals surface area contributed by atoms with E-state index in [4.69, 9.17) is 0 Å². The second kappa shape index (κ2) is 11.4. The maximum Gasteiger partial charge on any atom is 0.416 e. The molecule has 192 valence electrons. The minimum absolute atomic E-state index is 0.159. The van der Waals surface area contributed by atoms with Crippen molar-refractivity contribution in [2.45, 2.75) is 59.2 Å². The van der Waals surface area contributed by atoms with Crippen LogP contribution in [-0.2, 0) is 11.0 Å². The molecule has 1 aromatic heterocycles. The number of hydrogen-bond acceptors (Lipinski definition) is 4. The van der Waals surface area contributed by atoms with E-state index in [0.29, 0.717) is 37.2 Å². The Hall–Kier alpha value is -2.68. The Bertz CT molecular complexity index is 1020. The summed E-state index contributed by atoms with van der Waals surface area (Å²) in [6.45, 7) is 10.8. The minimum atomic E-state index is -4.50. The fourth-order valence-corrected chi connectivity index (χ4v) is 4.59. The lowest BCUT2D eigenvalue weighted by atomic mass is 10.1. The molecule has 1 atom stereocenters. The molecule has 1 amide bonds. The lowest BCUT2D eigenvalue weighted by Crippen LogP contribution is -2.47. The van der Waals surface area contributed by atoms with E-state index in [1.807, 2.05) is 0 Å². The number of benzene rings is 1. The number of pyridine rings is 1. The van der Waals surface area contributed by atoms with Crippen molar-refractivity contribution in [2.75, 3.05) is 42.5 Å². The number of nitrogens with zero attached hydrogens (tertiary/aromatic N) is 4. The highest BCUT2D eigenvalue weighted by Gasteiger charge is 2.37. The standard InChI is InChI=1S/C26H34F4N4O/c1-5-32(6-2)12-8-14-33(21-10-11-22(27)18(3)15-21)25(35)23-9-7-13-34(23)24-17-20(26(28,29)30)16-19(4)31-24/h10-11,15-17,23H,5-9,12-14H2,1-4H3/t23-/m0/s1. The molecule has 1 fully saturated rings. The van der Waals surface area contributed by atoms with E-state index in [-0.39, 0.29) is 23.2 Å². The van der Waals surface area contributed by atoms with Crippen molar-refractivity contribution >= 4 is 17.4 Å². The summed E-state index contributed by atoms with van der Waals surface area (Å²) in [7, 11) is 0. The van der Waals surface area contributed by atoms with Crippen LogP contribution in [0.5, 0.6) is 0 Å². The SMILES string of the molecule is CCN(CC)CCCN(C(=O)[C@@H]1CCCN1c1cc(C(F)(F)F)cc(C)n1)c1ccc(F)c(C)c1. The van der Waals surface area contributed by atoms with Crippen molar-refractivity contribution < 1.29 is 22.4 Å². The van der Waals surface area contributed by atoms with Gasteiger partial charge in [0.15, 0.2) is 0 Å². The highest BCUT2D eigenvalue weighted by Crippen LogP contribution is 2.34. The summed E-state index contributed by atoms with van der Waals surface area (Å²) in [4.78, 5) is 23.8. The number of carbonyl (C=O) groups is 1. The summed E-state index contributed by atoms with van der Waals surface area (Å²) in [5.74, 6) is -0.396. The molecule has 0 bridgehead atoms. The number of aryl methyl sites for hydroxylation is 2. The van der Waals surface area contributed by atoms with Gasteiger partial charge in [0.25, 0.3) is 0 Å². The van der Waals surface area contributed by atoms with Gasteiger partial charge in [-0.05, 0) is 88.6 Å². The van der Waals surface area contributed by atoms with Gasteiger partial charge in [0.2, 0.25) is 5.91 Å². The van der Waals surface area contributed by atoms with E-state index in [0.717, 1.165) is 38.2 Å². The monoisotopic (exact) mass is 494 g/mol. The van der Waals surface area contributed by atoms with Crippen molar-refractivity contribution in [3.63, 3.8) is 0 Å². The van der Waals surface area contributed by atoms with E-state index in [9.17, 15) is 22.4 Å². The molecule has 5 nitrogen and oxygen atoms in total. The zero-order chi connectivity index (χ0) is 25.8. The Morgan fingerprint density at radius 2 is 1.83 bits per heavy atom. The van der Waals surface area contributed by atoms with Crippen LogP contribution in [0.3, 0.4) is 0 Å². The molecule has 1 aliphatic rings. The smallest absolute Gasteiger partial charge is 0.345 e. The average Bonchev–Trinajstić information content (AvgIpc) is 3.30. The van der Waals surface area contributed by atoms with Gasteiger partial charge in [-0.2, -0.15) is 13.2 Å². The fourth-order valence-electron chi connectivity index (χ4n) is 4.59. The highest BCUT2D eigenvalue weighted by molar-refractivity contribution is 5.99. The predicted octanol–water partition coefficient (Wildman–Crippen LogP) is 5.59. The van der Waals surface area contributed by atoms with Crippen molar-refractivity contribution in [1.29, 1.82) is 0 Å². The normalized spacial score (nSPS) is 16.3. The predicted molar refractivity (Wildman–Crippen MR) is 130 cm³/mol. The summed E-state index contributed by atoms with van der Waals surface area (Å²) in [5, 5.41) is 0. The second-order valence-corrected chi connectivity index (χ2v) is 9.01. The van der Waals surface area contributed by atoms with E-state index >= 15 is 0 Å². The third-order valence-corrected chi connectivity index (χ3v) is 6.57. The largest absolute Gasteiger partial charge is 0.416 e. The fraction of sp³-hybridized carbons (Fsp3) is 0.538. The van der Waals surface area contributed by atoms with E-state index < -0.39 is 17.8 Å². The molecule has 0 saturated carbocycles. The number of hydrogen-bond donors (Lipinski definition) is 0. The van der Waals surface area contributed by atoms with Gasteiger partial charge in [-0.3, -0.25) is 4.79 Å². The van der Waals surface area contributed by atoms with Crippen LogP contribution >= 0.6 is 0 Å². The van der Waals surface area contributed by atoms with Crippen molar-refractivity contribution in [3.05, 3.63) is 53.0 Å². The first-order valence-electron chi connectivity index (χ1n) is 12.2. The van der Waals surface area contributed by atoms with Gasteiger partial charge in [-0.1, -0.05) is 13.8 Å².